The first-order chi connectivity index (χ1) is 12.4. The molecule has 0 aliphatic carbocycles. The highest BCUT2D eigenvalue weighted by Gasteiger charge is 2.34. The zero-order chi connectivity index (χ0) is 18.6. The molecule has 0 atom stereocenters. The third kappa shape index (κ3) is 4.62. The summed E-state index contributed by atoms with van der Waals surface area (Å²) in [4.78, 5) is 14.6. The monoisotopic (exact) mass is 363 g/mol. The maximum absolute atomic E-state index is 13.0. The van der Waals surface area contributed by atoms with Crippen molar-refractivity contribution in [3.05, 3.63) is 65.2 Å². The van der Waals surface area contributed by atoms with Crippen LogP contribution in [-0.4, -0.2) is 37.0 Å². The number of alkyl halides is 3. The van der Waals surface area contributed by atoms with Crippen molar-refractivity contribution in [1.29, 1.82) is 0 Å². The molecule has 0 spiro atoms. The average Bonchev–Trinajstić information content (AvgIpc) is 2.63. The van der Waals surface area contributed by atoms with E-state index in [2.05, 4.69) is 15.5 Å². The summed E-state index contributed by atoms with van der Waals surface area (Å²) in [6.07, 6.45) is -4.57. The van der Waals surface area contributed by atoms with Crippen LogP contribution in [0.5, 0.6) is 0 Å². The summed E-state index contributed by atoms with van der Waals surface area (Å²) in [6.45, 7) is 4.70. The lowest BCUT2D eigenvalue weighted by atomic mass is 10.1. The Morgan fingerprint density at radius 1 is 1.04 bits per heavy atom. The van der Waals surface area contributed by atoms with E-state index in [1.165, 1.54) is 18.2 Å². The molecule has 138 valence electrons. The minimum absolute atomic E-state index is 0.384. The van der Waals surface area contributed by atoms with Gasteiger partial charge in [-0.25, -0.2) is 0 Å². The number of amides is 1. The van der Waals surface area contributed by atoms with Gasteiger partial charge in [-0.3, -0.25) is 9.69 Å². The Morgan fingerprint density at radius 3 is 2.35 bits per heavy atom. The van der Waals surface area contributed by atoms with Gasteiger partial charge >= 0.3 is 6.18 Å². The summed E-state index contributed by atoms with van der Waals surface area (Å²) in [5, 5.41) is 5.83. The van der Waals surface area contributed by atoms with Crippen molar-refractivity contribution in [2.24, 2.45) is 0 Å². The predicted molar refractivity (Wildman–Crippen MR) is 94.0 cm³/mol. The number of carbonyl (C=O) groups excluding carboxylic acids is 1. The van der Waals surface area contributed by atoms with Gasteiger partial charge < -0.3 is 10.6 Å². The van der Waals surface area contributed by atoms with E-state index >= 15 is 0 Å². The van der Waals surface area contributed by atoms with E-state index in [1.807, 2.05) is 12.1 Å². The van der Waals surface area contributed by atoms with Gasteiger partial charge in [-0.2, -0.15) is 13.2 Å². The molecule has 0 radical (unpaired) electrons. The molecule has 1 aliphatic rings. The van der Waals surface area contributed by atoms with E-state index in [0.717, 1.165) is 44.4 Å². The van der Waals surface area contributed by atoms with Gasteiger partial charge in [-0.1, -0.05) is 24.3 Å². The lowest BCUT2D eigenvalue weighted by molar-refractivity contribution is -0.137. The molecule has 0 saturated carbocycles. The second-order valence-electron chi connectivity index (χ2n) is 6.22. The number of hydrogen-bond acceptors (Lipinski definition) is 3. The van der Waals surface area contributed by atoms with Crippen LogP contribution >= 0.6 is 0 Å². The molecule has 2 aromatic carbocycles. The largest absolute Gasteiger partial charge is 0.417 e. The minimum Gasteiger partial charge on any atom is -0.322 e. The molecular formula is C19H20F3N3O. The third-order valence-electron chi connectivity index (χ3n) is 4.30. The van der Waals surface area contributed by atoms with Gasteiger partial charge in [0.05, 0.1) is 11.1 Å². The van der Waals surface area contributed by atoms with Gasteiger partial charge in [0.15, 0.2) is 0 Å². The lowest BCUT2D eigenvalue weighted by Crippen LogP contribution is -2.42. The number of hydrogen-bond donors (Lipinski definition) is 2. The number of carbonyl (C=O) groups is 1. The second-order valence-corrected chi connectivity index (χ2v) is 6.22. The molecule has 3 rings (SSSR count). The molecular weight excluding hydrogens is 343 g/mol. The summed E-state index contributed by atoms with van der Waals surface area (Å²) in [5.74, 6) is -0.771. The first-order valence-electron chi connectivity index (χ1n) is 8.43. The fourth-order valence-electron chi connectivity index (χ4n) is 2.95. The smallest absolute Gasteiger partial charge is 0.322 e. The topological polar surface area (TPSA) is 44.4 Å². The summed E-state index contributed by atoms with van der Waals surface area (Å²) in [6, 6.07) is 12.0. The number of nitrogens with zero attached hydrogens (tertiary/aromatic N) is 1. The Bertz CT molecular complexity index is 753. The van der Waals surface area contributed by atoms with Crippen LogP contribution in [0.4, 0.5) is 18.9 Å². The Morgan fingerprint density at radius 2 is 1.69 bits per heavy atom. The van der Waals surface area contributed by atoms with E-state index in [0.29, 0.717) is 5.69 Å². The molecule has 0 unspecified atom stereocenters. The van der Waals surface area contributed by atoms with Crippen LogP contribution in [0, 0.1) is 0 Å². The molecule has 2 N–H and O–H groups in total. The van der Waals surface area contributed by atoms with E-state index in [9.17, 15) is 18.0 Å². The van der Waals surface area contributed by atoms with Crippen molar-refractivity contribution in [2.45, 2.75) is 12.7 Å². The van der Waals surface area contributed by atoms with Gasteiger partial charge in [0.1, 0.15) is 0 Å². The van der Waals surface area contributed by atoms with Crippen molar-refractivity contribution in [3.63, 3.8) is 0 Å². The van der Waals surface area contributed by atoms with Crippen LogP contribution in [0.1, 0.15) is 21.5 Å². The van der Waals surface area contributed by atoms with Crippen molar-refractivity contribution >= 4 is 11.6 Å². The maximum Gasteiger partial charge on any atom is 0.417 e. The van der Waals surface area contributed by atoms with Crippen molar-refractivity contribution < 1.29 is 18.0 Å². The van der Waals surface area contributed by atoms with Gasteiger partial charge in [0, 0.05) is 38.4 Å². The summed E-state index contributed by atoms with van der Waals surface area (Å²) in [7, 11) is 0. The molecule has 1 heterocycles. The number of rotatable bonds is 4. The lowest BCUT2D eigenvalue weighted by Gasteiger charge is -2.27. The first kappa shape index (κ1) is 18.4. The van der Waals surface area contributed by atoms with Gasteiger partial charge in [0.2, 0.25) is 0 Å². The Kier molecular flexibility index (Phi) is 5.58. The number of benzene rings is 2. The van der Waals surface area contributed by atoms with E-state index in [1.54, 1.807) is 12.1 Å². The summed E-state index contributed by atoms with van der Waals surface area (Å²) >= 11 is 0. The Balaban J connectivity index is 1.67. The molecule has 4 nitrogen and oxygen atoms in total. The Hall–Kier alpha value is -2.38. The molecule has 1 aliphatic heterocycles. The second kappa shape index (κ2) is 7.88. The number of halogens is 3. The van der Waals surface area contributed by atoms with Crippen LogP contribution in [0.2, 0.25) is 0 Å². The SMILES string of the molecule is O=C(Nc1ccc(CN2CCNCC2)cc1)c1ccccc1C(F)(F)F. The molecule has 26 heavy (non-hydrogen) atoms. The molecule has 1 fully saturated rings. The fourth-order valence-corrected chi connectivity index (χ4v) is 2.95. The van der Waals surface area contributed by atoms with Gasteiger partial charge in [-0.05, 0) is 29.8 Å². The molecule has 7 heteroatoms. The van der Waals surface area contributed by atoms with E-state index in [-0.39, 0.29) is 5.56 Å². The minimum atomic E-state index is -4.57. The van der Waals surface area contributed by atoms with Crippen LogP contribution < -0.4 is 10.6 Å². The summed E-state index contributed by atoms with van der Waals surface area (Å²) in [5.41, 5.74) is 0.245. The number of nitrogens with one attached hydrogen (secondary N) is 2. The van der Waals surface area contributed by atoms with Crippen molar-refractivity contribution in [3.8, 4) is 0 Å². The zero-order valence-electron chi connectivity index (χ0n) is 14.1. The average molecular weight is 363 g/mol. The number of anilines is 1. The maximum atomic E-state index is 13.0. The third-order valence-corrected chi connectivity index (χ3v) is 4.30. The highest BCUT2D eigenvalue weighted by atomic mass is 19.4. The van der Waals surface area contributed by atoms with Gasteiger partial charge in [-0.15, -0.1) is 0 Å². The van der Waals surface area contributed by atoms with Crippen molar-refractivity contribution in [1.82, 2.24) is 10.2 Å². The quantitative estimate of drug-likeness (QED) is 0.876. The molecule has 0 aromatic heterocycles. The summed E-state index contributed by atoms with van der Waals surface area (Å²) < 4.78 is 39.1. The van der Waals surface area contributed by atoms with Gasteiger partial charge in [0.25, 0.3) is 5.91 Å². The normalized spacial score (nSPS) is 15.7. The molecule has 1 amide bonds. The van der Waals surface area contributed by atoms with E-state index in [4.69, 9.17) is 0 Å². The van der Waals surface area contributed by atoms with Crippen LogP contribution in [0.25, 0.3) is 0 Å². The van der Waals surface area contributed by atoms with Crippen molar-refractivity contribution in [2.75, 3.05) is 31.5 Å². The van der Waals surface area contributed by atoms with Crippen LogP contribution in [0.15, 0.2) is 48.5 Å². The van der Waals surface area contributed by atoms with Crippen LogP contribution in [-0.2, 0) is 12.7 Å². The van der Waals surface area contributed by atoms with Crippen LogP contribution in [0.3, 0.4) is 0 Å². The highest BCUT2D eigenvalue weighted by Crippen LogP contribution is 2.32. The predicted octanol–water partition coefficient (Wildman–Crippen LogP) is 3.36. The molecule has 0 bridgehead atoms. The first-order valence-corrected chi connectivity index (χ1v) is 8.43. The number of piperazine rings is 1. The molecule has 1 saturated heterocycles. The Labute approximate surface area is 150 Å². The highest BCUT2D eigenvalue weighted by molar-refractivity contribution is 6.05. The zero-order valence-corrected chi connectivity index (χ0v) is 14.1. The van der Waals surface area contributed by atoms with E-state index < -0.39 is 17.6 Å². The fraction of sp³-hybridized carbons (Fsp3) is 0.316. The molecule has 2 aromatic rings. The standard InChI is InChI=1S/C19H20F3N3O/c20-19(21,22)17-4-2-1-3-16(17)18(26)24-15-7-5-14(6-8-15)13-25-11-9-23-10-12-25/h1-8,23H,9-13H2,(H,24,26).